The molecular formula is C6H11N3O. The molecule has 0 aromatic carbocycles. The van der Waals surface area contributed by atoms with Gasteiger partial charge in [-0.3, -0.25) is 0 Å². The molecule has 0 aliphatic heterocycles. The predicted octanol–water partition coefficient (Wildman–Crippen LogP) is 1.60. The summed E-state index contributed by atoms with van der Waals surface area (Å²) in [6, 6.07) is -0.168. The highest BCUT2D eigenvalue weighted by Gasteiger charge is 2.20. The van der Waals surface area contributed by atoms with Crippen LogP contribution in [0.1, 0.15) is 25.7 Å². The summed E-state index contributed by atoms with van der Waals surface area (Å²) < 4.78 is 0. The molecule has 56 valence electrons. The van der Waals surface area contributed by atoms with Crippen LogP contribution in [0.3, 0.4) is 0 Å². The molecule has 2 atom stereocenters. The number of nitrogens with zero attached hydrogens (tertiary/aromatic N) is 3. The first-order valence-corrected chi connectivity index (χ1v) is 3.57. The highest BCUT2D eigenvalue weighted by atomic mass is 16.3. The van der Waals surface area contributed by atoms with E-state index in [0.29, 0.717) is 0 Å². The Morgan fingerprint density at radius 1 is 1.40 bits per heavy atom. The van der Waals surface area contributed by atoms with Crippen molar-refractivity contribution in [2.24, 2.45) is 5.11 Å². The molecule has 0 heterocycles. The Labute approximate surface area is 59.5 Å². The minimum atomic E-state index is -0.398. The van der Waals surface area contributed by atoms with Crippen molar-refractivity contribution in [2.75, 3.05) is 0 Å². The van der Waals surface area contributed by atoms with E-state index in [1.807, 2.05) is 0 Å². The number of hydrogen-bond acceptors (Lipinski definition) is 2. The maximum absolute atomic E-state index is 9.24. The number of rotatable bonds is 1. The van der Waals surface area contributed by atoms with E-state index < -0.39 is 6.10 Å². The topological polar surface area (TPSA) is 69.0 Å². The molecule has 1 N–H and O–H groups in total. The van der Waals surface area contributed by atoms with Gasteiger partial charge in [-0.25, -0.2) is 0 Å². The zero-order valence-electron chi connectivity index (χ0n) is 5.77. The molecule has 0 radical (unpaired) electrons. The normalized spacial score (nSPS) is 32.9. The van der Waals surface area contributed by atoms with E-state index in [-0.39, 0.29) is 6.04 Å². The minimum absolute atomic E-state index is 0.168. The number of hydrogen-bond donors (Lipinski definition) is 1. The zero-order chi connectivity index (χ0) is 7.40. The number of aliphatic hydroxyl groups is 1. The van der Waals surface area contributed by atoms with Crippen molar-refractivity contribution in [3.05, 3.63) is 10.4 Å². The third kappa shape index (κ3) is 1.62. The fourth-order valence-electron chi connectivity index (χ4n) is 1.29. The smallest absolute Gasteiger partial charge is 0.0633 e. The van der Waals surface area contributed by atoms with Gasteiger partial charge in [0.25, 0.3) is 0 Å². The average Bonchev–Trinajstić information content (AvgIpc) is 1.94. The van der Waals surface area contributed by atoms with Crippen molar-refractivity contribution >= 4 is 0 Å². The lowest BCUT2D eigenvalue weighted by Crippen LogP contribution is -2.27. The van der Waals surface area contributed by atoms with Gasteiger partial charge in [0.2, 0.25) is 0 Å². The quantitative estimate of drug-likeness (QED) is 0.336. The fourth-order valence-corrected chi connectivity index (χ4v) is 1.29. The summed E-state index contributed by atoms with van der Waals surface area (Å²) in [5.41, 5.74) is 8.08. The van der Waals surface area contributed by atoms with Crippen molar-refractivity contribution < 1.29 is 5.11 Å². The monoisotopic (exact) mass is 141 g/mol. The van der Waals surface area contributed by atoms with Gasteiger partial charge in [0.15, 0.2) is 0 Å². The van der Waals surface area contributed by atoms with Crippen LogP contribution < -0.4 is 0 Å². The lowest BCUT2D eigenvalue weighted by Gasteiger charge is -2.22. The summed E-state index contributed by atoms with van der Waals surface area (Å²) in [7, 11) is 0. The first-order chi connectivity index (χ1) is 4.84. The number of azide groups is 1. The largest absolute Gasteiger partial charge is 0.393 e. The Hall–Kier alpha value is -0.730. The molecule has 1 fully saturated rings. The second-order valence-corrected chi connectivity index (χ2v) is 2.62. The molecule has 0 aromatic heterocycles. The molecule has 0 aromatic rings. The second-order valence-electron chi connectivity index (χ2n) is 2.62. The predicted molar refractivity (Wildman–Crippen MR) is 37.4 cm³/mol. The summed E-state index contributed by atoms with van der Waals surface area (Å²) in [5, 5.41) is 12.7. The van der Waals surface area contributed by atoms with E-state index >= 15 is 0 Å². The lowest BCUT2D eigenvalue weighted by atomic mass is 9.93. The first-order valence-electron chi connectivity index (χ1n) is 3.57. The highest BCUT2D eigenvalue weighted by Crippen LogP contribution is 2.20. The highest BCUT2D eigenvalue weighted by molar-refractivity contribution is 4.80. The van der Waals surface area contributed by atoms with Crippen molar-refractivity contribution in [1.29, 1.82) is 0 Å². The van der Waals surface area contributed by atoms with Crippen molar-refractivity contribution in [3.63, 3.8) is 0 Å². The van der Waals surface area contributed by atoms with Gasteiger partial charge in [-0.2, -0.15) is 0 Å². The molecule has 0 spiro atoms. The molecule has 1 saturated carbocycles. The Morgan fingerprint density at radius 3 is 2.70 bits per heavy atom. The van der Waals surface area contributed by atoms with Crippen LogP contribution in [0.25, 0.3) is 10.4 Å². The van der Waals surface area contributed by atoms with Gasteiger partial charge in [0.05, 0.1) is 12.1 Å². The lowest BCUT2D eigenvalue weighted by molar-refractivity contribution is 0.108. The van der Waals surface area contributed by atoms with E-state index in [9.17, 15) is 5.11 Å². The van der Waals surface area contributed by atoms with Crippen molar-refractivity contribution in [2.45, 2.75) is 37.8 Å². The average molecular weight is 141 g/mol. The van der Waals surface area contributed by atoms with Crippen LogP contribution in [0.2, 0.25) is 0 Å². The van der Waals surface area contributed by atoms with Crippen LogP contribution in [0.5, 0.6) is 0 Å². The molecule has 1 unspecified atom stereocenters. The fraction of sp³-hybridized carbons (Fsp3) is 1.00. The molecule has 0 amide bonds. The summed E-state index contributed by atoms with van der Waals surface area (Å²) in [6.45, 7) is 0. The van der Waals surface area contributed by atoms with E-state index in [2.05, 4.69) is 10.0 Å². The van der Waals surface area contributed by atoms with Gasteiger partial charge in [0, 0.05) is 4.91 Å². The molecule has 0 saturated heterocycles. The van der Waals surface area contributed by atoms with Crippen LogP contribution in [-0.4, -0.2) is 17.3 Å². The van der Waals surface area contributed by atoms with Crippen LogP contribution >= 0.6 is 0 Å². The Bertz CT molecular complexity index is 153. The van der Waals surface area contributed by atoms with Crippen LogP contribution in [0.15, 0.2) is 5.11 Å². The number of aliphatic hydroxyl groups excluding tert-OH is 1. The second kappa shape index (κ2) is 3.44. The van der Waals surface area contributed by atoms with Crippen LogP contribution in [0.4, 0.5) is 0 Å². The summed E-state index contributed by atoms with van der Waals surface area (Å²) >= 11 is 0. The van der Waals surface area contributed by atoms with Gasteiger partial charge >= 0.3 is 0 Å². The summed E-state index contributed by atoms with van der Waals surface area (Å²) in [4.78, 5) is 2.67. The molecule has 1 aliphatic carbocycles. The first kappa shape index (κ1) is 7.38. The summed E-state index contributed by atoms with van der Waals surface area (Å²) in [6.07, 6.45) is 3.35. The van der Waals surface area contributed by atoms with Gasteiger partial charge < -0.3 is 5.11 Å². The molecular weight excluding hydrogens is 130 g/mol. The minimum Gasteiger partial charge on any atom is -0.393 e. The van der Waals surface area contributed by atoms with E-state index in [4.69, 9.17) is 5.53 Å². The third-order valence-corrected chi connectivity index (χ3v) is 1.89. The SMILES string of the molecule is [N-]=[N+]=N[C@H]1CCCCC1O. The Kier molecular flexibility index (Phi) is 2.54. The summed E-state index contributed by atoms with van der Waals surface area (Å²) in [5.74, 6) is 0. The molecule has 4 heteroatoms. The van der Waals surface area contributed by atoms with Crippen molar-refractivity contribution in [3.8, 4) is 0 Å². The van der Waals surface area contributed by atoms with Gasteiger partial charge in [-0.05, 0) is 18.4 Å². The van der Waals surface area contributed by atoms with E-state index in [1.54, 1.807) is 0 Å². The molecule has 1 rings (SSSR count). The maximum atomic E-state index is 9.24. The van der Waals surface area contributed by atoms with Gasteiger partial charge in [-0.15, -0.1) is 0 Å². The van der Waals surface area contributed by atoms with Crippen molar-refractivity contribution in [1.82, 2.24) is 0 Å². The van der Waals surface area contributed by atoms with Crippen LogP contribution in [0, 0.1) is 0 Å². The molecule has 1 aliphatic rings. The Balaban J connectivity index is 2.47. The Morgan fingerprint density at radius 2 is 2.10 bits per heavy atom. The van der Waals surface area contributed by atoms with E-state index in [1.165, 1.54) is 0 Å². The third-order valence-electron chi connectivity index (χ3n) is 1.89. The van der Waals surface area contributed by atoms with Crippen LogP contribution in [-0.2, 0) is 0 Å². The zero-order valence-corrected chi connectivity index (χ0v) is 5.77. The maximum Gasteiger partial charge on any atom is 0.0633 e. The van der Waals surface area contributed by atoms with Gasteiger partial charge in [0.1, 0.15) is 0 Å². The standard InChI is InChI=1S/C6H11N3O/c7-9-8-5-3-1-2-4-6(5)10/h5-6,10H,1-4H2/t5-,6?/m0/s1. The van der Waals surface area contributed by atoms with E-state index in [0.717, 1.165) is 25.7 Å². The molecule has 4 nitrogen and oxygen atoms in total. The molecule has 0 bridgehead atoms. The molecule has 10 heavy (non-hydrogen) atoms. The van der Waals surface area contributed by atoms with Gasteiger partial charge in [-0.1, -0.05) is 18.0 Å².